The summed E-state index contributed by atoms with van der Waals surface area (Å²) in [5, 5.41) is 21.5. The summed E-state index contributed by atoms with van der Waals surface area (Å²) < 4.78 is 11.6. The van der Waals surface area contributed by atoms with Crippen LogP contribution < -0.4 is 25.8 Å². The van der Waals surface area contributed by atoms with Crippen molar-refractivity contribution in [1.29, 1.82) is 5.41 Å². The van der Waals surface area contributed by atoms with Crippen molar-refractivity contribution in [3.63, 3.8) is 0 Å². The monoisotopic (exact) mass is 568 g/mol. The summed E-state index contributed by atoms with van der Waals surface area (Å²) in [5.74, 6) is 0.0687. The number of nitrogens with two attached hydrogens (primary N) is 1. The van der Waals surface area contributed by atoms with Crippen LogP contribution in [0.4, 0.5) is 5.69 Å². The molecule has 0 aliphatic rings. The Kier molecular flexibility index (Phi) is 11.5. The molecule has 0 aliphatic carbocycles. The average molecular weight is 569 g/mol. The quantitative estimate of drug-likeness (QED) is 0.116. The molecule has 0 radical (unpaired) electrons. The predicted molar refractivity (Wildman–Crippen MR) is 164 cm³/mol. The highest BCUT2D eigenvalue weighted by Crippen LogP contribution is 2.33. The Morgan fingerprint density at radius 2 is 1.48 bits per heavy atom. The number of ether oxygens (including phenoxy) is 2. The van der Waals surface area contributed by atoms with Crippen LogP contribution in [0.25, 0.3) is 0 Å². The highest BCUT2D eigenvalue weighted by Gasteiger charge is 2.24. The number of hydrogen-bond donors (Lipinski definition) is 5. The van der Waals surface area contributed by atoms with Crippen molar-refractivity contribution in [2.75, 3.05) is 12.4 Å². The number of carboxylic acids is 1. The lowest BCUT2D eigenvalue weighted by Gasteiger charge is -2.24. The van der Waals surface area contributed by atoms with Crippen LogP contribution in [0.2, 0.25) is 0 Å². The number of carbonyl (C=O) groups excluding carboxylic acids is 1. The normalized spacial score (nSPS) is 11.6. The Morgan fingerprint density at radius 1 is 0.881 bits per heavy atom. The molecule has 218 valence electrons. The van der Waals surface area contributed by atoms with Crippen LogP contribution >= 0.6 is 0 Å². The number of methoxy groups -OCH3 is 1. The molecule has 0 spiro atoms. The van der Waals surface area contributed by atoms with Crippen LogP contribution in [-0.2, 0) is 16.2 Å². The molecule has 0 heterocycles. The maximum atomic E-state index is 13.6. The highest BCUT2D eigenvalue weighted by atomic mass is 16.5. The van der Waals surface area contributed by atoms with Crippen molar-refractivity contribution in [3.05, 3.63) is 125 Å². The third-order valence-corrected chi connectivity index (χ3v) is 6.19. The molecule has 1 amide bonds. The van der Waals surface area contributed by atoms with Crippen molar-refractivity contribution in [1.82, 2.24) is 5.32 Å². The number of amidine groups is 1. The van der Waals surface area contributed by atoms with Crippen LogP contribution in [0.3, 0.4) is 0 Å². The average Bonchev–Trinajstić information content (AvgIpc) is 2.99. The van der Waals surface area contributed by atoms with Gasteiger partial charge in [0.2, 0.25) is 5.91 Å². The number of nitrogen functional groups attached to an aromatic ring is 1. The van der Waals surface area contributed by atoms with Gasteiger partial charge in [-0.1, -0.05) is 66.7 Å². The number of aliphatic carboxylic acids is 1. The van der Waals surface area contributed by atoms with E-state index < -0.39 is 12.0 Å². The largest absolute Gasteiger partial charge is 0.493 e. The smallest absolute Gasteiger partial charge is 0.300 e. The van der Waals surface area contributed by atoms with E-state index in [9.17, 15) is 4.79 Å². The van der Waals surface area contributed by atoms with Gasteiger partial charge in [0.1, 0.15) is 18.5 Å². The second-order valence-corrected chi connectivity index (χ2v) is 9.41. The van der Waals surface area contributed by atoms with E-state index in [0.29, 0.717) is 34.9 Å². The highest BCUT2D eigenvalue weighted by molar-refractivity contribution is 5.95. The third kappa shape index (κ3) is 9.41. The lowest BCUT2D eigenvalue weighted by molar-refractivity contribution is -0.134. The molecule has 4 aromatic carbocycles. The van der Waals surface area contributed by atoms with Crippen molar-refractivity contribution in [2.45, 2.75) is 32.5 Å². The lowest BCUT2D eigenvalue weighted by atomic mass is 10.0. The van der Waals surface area contributed by atoms with Crippen molar-refractivity contribution >= 4 is 23.4 Å². The van der Waals surface area contributed by atoms with E-state index in [0.717, 1.165) is 18.1 Å². The Morgan fingerprint density at radius 3 is 2.05 bits per heavy atom. The third-order valence-electron chi connectivity index (χ3n) is 6.19. The first-order chi connectivity index (χ1) is 20.2. The summed E-state index contributed by atoms with van der Waals surface area (Å²) in [5.41, 5.74) is 9.68. The summed E-state index contributed by atoms with van der Waals surface area (Å²) in [7, 11) is 1.58. The number of amides is 1. The molecule has 4 aromatic rings. The second kappa shape index (κ2) is 15.5. The maximum absolute atomic E-state index is 13.6. The molecule has 42 heavy (non-hydrogen) atoms. The van der Waals surface area contributed by atoms with E-state index in [1.807, 2.05) is 85.8 Å². The zero-order valence-corrected chi connectivity index (χ0v) is 23.8. The van der Waals surface area contributed by atoms with Gasteiger partial charge in [-0.05, 0) is 60.0 Å². The molecule has 9 nitrogen and oxygen atoms in total. The standard InChI is InChI=1S/C31H32N4O3.C2H4O2/c1-21(23-11-7-4-8-12-23)34-31(36)29(35-26-16-13-24(14-17-26)30(32)33)25-15-18-27(28(19-25)37-2)38-20-22-9-5-3-6-10-22;1-2(3)4/h3-19,21,29,35H,20H2,1-2H3,(H3,32,33)(H,34,36);1H3,(H,3,4)/t21-,29+;/m0./s1. The van der Waals surface area contributed by atoms with Crippen LogP contribution in [0.15, 0.2) is 103 Å². The molecule has 0 aliphatic heterocycles. The van der Waals surface area contributed by atoms with Crippen LogP contribution in [0, 0.1) is 5.41 Å². The summed E-state index contributed by atoms with van der Waals surface area (Å²) in [6.45, 7) is 3.43. The van der Waals surface area contributed by atoms with E-state index in [1.54, 1.807) is 31.4 Å². The van der Waals surface area contributed by atoms with Crippen molar-refractivity contribution in [3.8, 4) is 11.5 Å². The van der Waals surface area contributed by atoms with Gasteiger partial charge in [-0.15, -0.1) is 0 Å². The Labute approximate surface area is 245 Å². The number of hydrogen-bond acceptors (Lipinski definition) is 6. The topological polar surface area (TPSA) is 147 Å². The maximum Gasteiger partial charge on any atom is 0.300 e. The van der Waals surface area contributed by atoms with E-state index in [4.69, 9.17) is 30.5 Å². The summed E-state index contributed by atoms with van der Waals surface area (Å²) in [4.78, 5) is 22.6. The van der Waals surface area contributed by atoms with Gasteiger partial charge in [0.15, 0.2) is 11.5 Å². The first kappa shape index (κ1) is 31.2. The van der Waals surface area contributed by atoms with Gasteiger partial charge in [0.25, 0.3) is 5.97 Å². The molecule has 2 atom stereocenters. The molecule has 0 fully saturated rings. The molecular weight excluding hydrogens is 532 g/mol. The lowest BCUT2D eigenvalue weighted by Crippen LogP contribution is -2.35. The summed E-state index contributed by atoms with van der Waals surface area (Å²) >= 11 is 0. The van der Waals surface area contributed by atoms with Gasteiger partial charge < -0.3 is 30.9 Å². The zero-order chi connectivity index (χ0) is 30.5. The summed E-state index contributed by atoms with van der Waals surface area (Å²) in [6, 6.07) is 31.4. The molecule has 0 unspecified atom stereocenters. The Hall–Kier alpha value is -5.31. The number of carboxylic acid groups (broad SMARTS) is 1. The fourth-order valence-corrected chi connectivity index (χ4v) is 4.05. The van der Waals surface area contributed by atoms with Crippen LogP contribution in [0.5, 0.6) is 11.5 Å². The molecular formula is C33H36N4O5. The van der Waals surface area contributed by atoms with E-state index in [2.05, 4.69) is 10.6 Å². The molecule has 0 saturated heterocycles. The number of carbonyl (C=O) groups is 2. The number of anilines is 1. The molecule has 0 bridgehead atoms. The van der Waals surface area contributed by atoms with Gasteiger partial charge in [0.05, 0.1) is 13.2 Å². The predicted octanol–water partition coefficient (Wildman–Crippen LogP) is 5.68. The van der Waals surface area contributed by atoms with Crippen molar-refractivity contribution < 1.29 is 24.2 Å². The fraction of sp³-hybridized carbons (Fsp3) is 0.182. The van der Waals surface area contributed by atoms with E-state index in [-0.39, 0.29) is 17.8 Å². The number of rotatable bonds is 11. The minimum absolute atomic E-state index is 0.0154. The number of nitrogens with one attached hydrogen (secondary N) is 3. The molecule has 4 rings (SSSR count). The van der Waals surface area contributed by atoms with Crippen LogP contribution in [0.1, 0.15) is 48.2 Å². The zero-order valence-electron chi connectivity index (χ0n) is 23.8. The van der Waals surface area contributed by atoms with E-state index >= 15 is 0 Å². The molecule has 0 saturated carbocycles. The number of benzene rings is 4. The second-order valence-electron chi connectivity index (χ2n) is 9.41. The van der Waals surface area contributed by atoms with E-state index in [1.165, 1.54) is 0 Å². The first-order valence-corrected chi connectivity index (χ1v) is 13.3. The van der Waals surface area contributed by atoms with Gasteiger partial charge in [-0.2, -0.15) is 0 Å². The fourth-order valence-electron chi connectivity index (χ4n) is 4.05. The molecule has 0 aromatic heterocycles. The minimum atomic E-state index is -0.833. The SMILES string of the molecule is CC(=O)O.COc1cc([C@@H](Nc2ccc(C(=N)N)cc2)C(=O)N[C@@H](C)c2ccccc2)ccc1OCc1ccccc1. The molecule has 9 heteroatoms. The van der Waals surface area contributed by atoms with Gasteiger partial charge in [0, 0.05) is 18.2 Å². The minimum Gasteiger partial charge on any atom is -0.493 e. The first-order valence-electron chi connectivity index (χ1n) is 13.3. The Bertz CT molecular complexity index is 1460. The van der Waals surface area contributed by atoms with Gasteiger partial charge >= 0.3 is 0 Å². The summed E-state index contributed by atoms with van der Waals surface area (Å²) in [6.07, 6.45) is 0. The Balaban J connectivity index is 0.00000114. The van der Waals surface area contributed by atoms with Gasteiger partial charge in [-0.3, -0.25) is 15.0 Å². The van der Waals surface area contributed by atoms with Crippen LogP contribution in [-0.4, -0.2) is 29.9 Å². The van der Waals surface area contributed by atoms with Gasteiger partial charge in [-0.25, -0.2) is 0 Å². The molecule has 6 N–H and O–H groups in total. The van der Waals surface area contributed by atoms with Crippen molar-refractivity contribution in [2.24, 2.45) is 5.73 Å².